The van der Waals surface area contributed by atoms with E-state index in [0.29, 0.717) is 31.8 Å². The molecule has 30 heavy (non-hydrogen) atoms. The van der Waals surface area contributed by atoms with Crippen LogP contribution in [0.25, 0.3) is 0 Å². The SMILES string of the molecule is CCOC(=O)CCC(Oc1cccc(OCc2ccccc2)c1)c1ccccc1C. The number of carbonyl (C=O) groups is 1. The maximum Gasteiger partial charge on any atom is 0.305 e. The molecule has 0 heterocycles. The van der Waals surface area contributed by atoms with Crippen LogP contribution in [0.3, 0.4) is 0 Å². The maximum absolute atomic E-state index is 11.9. The van der Waals surface area contributed by atoms with Crippen molar-refractivity contribution in [1.29, 1.82) is 0 Å². The van der Waals surface area contributed by atoms with E-state index in [2.05, 4.69) is 13.0 Å². The van der Waals surface area contributed by atoms with E-state index in [9.17, 15) is 4.79 Å². The molecule has 4 heteroatoms. The van der Waals surface area contributed by atoms with E-state index in [1.165, 1.54) is 0 Å². The molecule has 1 atom stereocenters. The van der Waals surface area contributed by atoms with Gasteiger partial charge in [-0.05, 0) is 49.1 Å². The second kappa shape index (κ2) is 11.1. The number of hydrogen-bond acceptors (Lipinski definition) is 4. The normalized spacial score (nSPS) is 11.5. The molecule has 3 aromatic rings. The van der Waals surface area contributed by atoms with Gasteiger partial charge >= 0.3 is 5.97 Å². The molecule has 0 aliphatic carbocycles. The fraction of sp³-hybridized carbons (Fsp3) is 0.269. The molecule has 0 aromatic heterocycles. The molecule has 0 spiro atoms. The third-order valence-electron chi connectivity index (χ3n) is 4.78. The number of benzene rings is 3. The molecule has 0 aliphatic rings. The summed E-state index contributed by atoms with van der Waals surface area (Å²) in [5.74, 6) is 1.24. The molecule has 156 valence electrons. The van der Waals surface area contributed by atoms with Crippen LogP contribution in [-0.4, -0.2) is 12.6 Å². The Morgan fingerprint density at radius 3 is 2.40 bits per heavy atom. The predicted molar refractivity (Wildman–Crippen MR) is 118 cm³/mol. The van der Waals surface area contributed by atoms with E-state index in [-0.39, 0.29) is 12.1 Å². The first-order valence-electron chi connectivity index (χ1n) is 10.3. The van der Waals surface area contributed by atoms with E-state index >= 15 is 0 Å². The first-order chi connectivity index (χ1) is 14.7. The van der Waals surface area contributed by atoms with Crippen molar-refractivity contribution in [2.75, 3.05) is 6.61 Å². The molecular formula is C26H28O4. The van der Waals surface area contributed by atoms with Gasteiger partial charge in [-0.1, -0.05) is 60.7 Å². The lowest BCUT2D eigenvalue weighted by atomic mass is 10.00. The van der Waals surface area contributed by atoms with Crippen LogP contribution in [0.2, 0.25) is 0 Å². The van der Waals surface area contributed by atoms with Crippen LogP contribution in [0.5, 0.6) is 11.5 Å². The Balaban J connectivity index is 1.71. The zero-order valence-corrected chi connectivity index (χ0v) is 17.5. The summed E-state index contributed by atoms with van der Waals surface area (Å²) < 4.78 is 17.3. The molecule has 0 saturated heterocycles. The minimum atomic E-state index is -0.250. The molecule has 4 nitrogen and oxygen atoms in total. The third-order valence-corrected chi connectivity index (χ3v) is 4.78. The number of carbonyl (C=O) groups excluding carboxylic acids is 1. The predicted octanol–water partition coefficient (Wildman–Crippen LogP) is 6.04. The minimum Gasteiger partial charge on any atom is -0.489 e. The van der Waals surface area contributed by atoms with Crippen LogP contribution in [0.15, 0.2) is 78.9 Å². The summed E-state index contributed by atoms with van der Waals surface area (Å²) in [5, 5.41) is 0. The average Bonchev–Trinajstić information content (AvgIpc) is 2.77. The largest absolute Gasteiger partial charge is 0.489 e. The molecule has 0 radical (unpaired) electrons. The number of rotatable bonds is 10. The zero-order valence-electron chi connectivity index (χ0n) is 17.5. The van der Waals surface area contributed by atoms with Gasteiger partial charge in [0.2, 0.25) is 0 Å². The monoisotopic (exact) mass is 404 g/mol. The van der Waals surface area contributed by atoms with Gasteiger partial charge in [0.1, 0.15) is 24.2 Å². The number of esters is 1. The van der Waals surface area contributed by atoms with Gasteiger partial charge < -0.3 is 14.2 Å². The number of hydrogen-bond donors (Lipinski definition) is 0. The highest BCUT2D eigenvalue weighted by Crippen LogP contribution is 2.30. The summed E-state index contributed by atoms with van der Waals surface area (Å²) in [4.78, 5) is 11.9. The van der Waals surface area contributed by atoms with Gasteiger partial charge in [0, 0.05) is 12.5 Å². The smallest absolute Gasteiger partial charge is 0.305 e. The van der Waals surface area contributed by atoms with Crippen molar-refractivity contribution in [2.45, 2.75) is 39.4 Å². The summed E-state index contributed by atoms with van der Waals surface area (Å²) in [6, 6.07) is 25.7. The third kappa shape index (κ3) is 6.38. The minimum absolute atomic E-state index is 0.209. The molecule has 0 bridgehead atoms. The molecule has 0 aliphatic heterocycles. The van der Waals surface area contributed by atoms with Crippen LogP contribution >= 0.6 is 0 Å². The van der Waals surface area contributed by atoms with Gasteiger partial charge in [-0.3, -0.25) is 4.79 Å². The van der Waals surface area contributed by atoms with Crippen molar-refractivity contribution in [1.82, 2.24) is 0 Å². The van der Waals surface area contributed by atoms with E-state index in [1.807, 2.05) is 79.7 Å². The van der Waals surface area contributed by atoms with Gasteiger partial charge in [-0.25, -0.2) is 0 Å². The topological polar surface area (TPSA) is 44.8 Å². The molecule has 0 N–H and O–H groups in total. The Kier molecular flexibility index (Phi) is 7.90. The van der Waals surface area contributed by atoms with Crippen LogP contribution in [0.4, 0.5) is 0 Å². The molecule has 0 amide bonds. The van der Waals surface area contributed by atoms with Crippen LogP contribution in [-0.2, 0) is 16.1 Å². The van der Waals surface area contributed by atoms with E-state index in [1.54, 1.807) is 0 Å². The van der Waals surface area contributed by atoms with E-state index < -0.39 is 0 Å². The fourth-order valence-electron chi connectivity index (χ4n) is 3.25. The van der Waals surface area contributed by atoms with Crippen molar-refractivity contribution < 1.29 is 19.0 Å². The molecule has 0 saturated carbocycles. The van der Waals surface area contributed by atoms with Crippen molar-refractivity contribution in [2.24, 2.45) is 0 Å². The highest BCUT2D eigenvalue weighted by molar-refractivity contribution is 5.69. The van der Waals surface area contributed by atoms with Crippen molar-refractivity contribution >= 4 is 5.97 Å². The standard InChI is InChI=1S/C26H28O4/c1-3-28-26(27)17-16-25(24-15-8-7-10-20(24)2)30-23-14-9-13-22(18-23)29-19-21-11-5-4-6-12-21/h4-15,18,25H,3,16-17,19H2,1-2H3. The maximum atomic E-state index is 11.9. The second-order valence-electron chi connectivity index (χ2n) is 7.06. The highest BCUT2D eigenvalue weighted by Gasteiger charge is 2.18. The molecule has 3 rings (SSSR count). The summed E-state index contributed by atoms with van der Waals surface area (Å²) in [6.45, 7) is 4.74. The van der Waals surface area contributed by atoms with Gasteiger partial charge in [-0.2, -0.15) is 0 Å². The lowest BCUT2D eigenvalue weighted by molar-refractivity contribution is -0.143. The van der Waals surface area contributed by atoms with Crippen LogP contribution in [0.1, 0.15) is 42.6 Å². The lowest BCUT2D eigenvalue weighted by Gasteiger charge is -2.21. The first kappa shape index (κ1) is 21.4. The van der Waals surface area contributed by atoms with E-state index in [4.69, 9.17) is 14.2 Å². The average molecular weight is 405 g/mol. The van der Waals surface area contributed by atoms with E-state index in [0.717, 1.165) is 22.4 Å². The zero-order chi connectivity index (χ0) is 21.2. The first-order valence-corrected chi connectivity index (χ1v) is 10.3. The Morgan fingerprint density at radius 2 is 1.63 bits per heavy atom. The second-order valence-corrected chi connectivity index (χ2v) is 7.06. The summed E-state index contributed by atoms with van der Waals surface area (Å²) in [6.07, 6.45) is 0.593. The van der Waals surface area contributed by atoms with Crippen LogP contribution < -0.4 is 9.47 Å². The molecule has 0 fully saturated rings. The van der Waals surface area contributed by atoms with Crippen molar-refractivity contribution in [3.05, 3.63) is 95.6 Å². The van der Waals surface area contributed by atoms with Crippen LogP contribution in [0, 0.1) is 6.92 Å². The Labute approximate surface area is 178 Å². The quantitative estimate of drug-likeness (QED) is 0.387. The molecule has 3 aromatic carbocycles. The lowest BCUT2D eigenvalue weighted by Crippen LogP contribution is -2.13. The van der Waals surface area contributed by atoms with Gasteiger partial charge in [0.25, 0.3) is 0 Å². The molecular weight excluding hydrogens is 376 g/mol. The fourth-order valence-corrected chi connectivity index (χ4v) is 3.25. The Morgan fingerprint density at radius 1 is 0.900 bits per heavy atom. The highest BCUT2D eigenvalue weighted by atomic mass is 16.5. The number of aryl methyl sites for hydroxylation is 1. The van der Waals surface area contributed by atoms with Gasteiger partial charge in [0.05, 0.1) is 6.61 Å². The summed E-state index contributed by atoms with van der Waals surface area (Å²) in [7, 11) is 0. The summed E-state index contributed by atoms with van der Waals surface area (Å²) in [5.41, 5.74) is 3.30. The molecule has 1 unspecified atom stereocenters. The Bertz CT molecular complexity index is 937. The van der Waals surface area contributed by atoms with Gasteiger partial charge in [-0.15, -0.1) is 0 Å². The van der Waals surface area contributed by atoms with Gasteiger partial charge in [0.15, 0.2) is 0 Å². The van der Waals surface area contributed by atoms with Crippen molar-refractivity contribution in [3.63, 3.8) is 0 Å². The van der Waals surface area contributed by atoms with Crippen molar-refractivity contribution in [3.8, 4) is 11.5 Å². The Hall–Kier alpha value is -3.27. The summed E-state index contributed by atoms with van der Waals surface area (Å²) >= 11 is 0. The number of ether oxygens (including phenoxy) is 3.